The Hall–Kier alpha value is -3.62. The zero-order valence-electron chi connectivity index (χ0n) is 33.6. The molecule has 1 heterocycles. The monoisotopic (exact) mass is 751 g/mol. The number of hydroxylamine groups is 2. The highest BCUT2D eigenvalue weighted by atomic mass is 16.7. The van der Waals surface area contributed by atoms with E-state index >= 15 is 0 Å². The molecule has 9 atom stereocenters. The minimum atomic E-state index is -0.956. The lowest BCUT2D eigenvalue weighted by atomic mass is 9.45. The van der Waals surface area contributed by atoms with Gasteiger partial charge in [0.1, 0.15) is 17.9 Å². The second-order valence-corrected chi connectivity index (χ2v) is 18.0. The van der Waals surface area contributed by atoms with E-state index < -0.39 is 41.6 Å². The molecule has 6 rings (SSSR count). The summed E-state index contributed by atoms with van der Waals surface area (Å²) in [5, 5.41) is 41.3. The summed E-state index contributed by atoms with van der Waals surface area (Å²) >= 11 is 0. The van der Waals surface area contributed by atoms with Crippen LogP contribution in [0.5, 0.6) is 5.75 Å². The van der Waals surface area contributed by atoms with Crippen molar-refractivity contribution in [3.05, 3.63) is 57.6 Å². The number of hydrogen-bond donors (Lipinski definition) is 4. The lowest BCUT2D eigenvalue weighted by molar-refractivity contribution is -0.384. The van der Waals surface area contributed by atoms with Gasteiger partial charge in [0.05, 0.1) is 31.3 Å². The van der Waals surface area contributed by atoms with E-state index in [2.05, 4.69) is 52.2 Å². The highest BCUT2D eigenvalue weighted by Crippen LogP contribution is 2.61. The first-order valence-corrected chi connectivity index (χ1v) is 19.2. The van der Waals surface area contributed by atoms with Crippen molar-refractivity contribution in [2.24, 2.45) is 34.5 Å². The summed E-state index contributed by atoms with van der Waals surface area (Å²) in [7, 11) is 5.36. The van der Waals surface area contributed by atoms with Gasteiger partial charge in [-0.05, 0) is 80.5 Å². The number of para-hydroxylation sites is 1. The third-order valence-electron chi connectivity index (χ3n) is 12.2. The van der Waals surface area contributed by atoms with E-state index in [0.717, 1.165) is 6.42 Å². The number of non-ortho nitro benzene ring substituents is 1. The molecule has 3 aliphatic carbocycles. The number of nitrogens with one attached hydrogen (secondary N) is 2. The predicted molar refractivity (Wildman–Crippen MR) is 207 cm³/mol. The minimum Gasteiger partial charge on any atom is -0.496 e. The number of aliphatic hydroxyl groups is 2. The number of hydrogen-bond acceptors (Lipinski definition) is 10. The summed E-state index contributed by atoms with van der Waals surface area (Å²) < 4.78 is 5.94. The van der Waals surface area contributed by atoms with Crippen molar-refractivity contribution >= 4 is 17.5 Å². The Morgan fingerprint density at radius 1 is 1.19 bits per heavy atom. The number of carbonyl (C=O) groups excluding carboxylic acids is 2. The molecule has 2 aromatic carbocycles. The highest BCUT2D eigenvalue weighted by Gasteiger charge is 2.57. The second kappa shape index (κ2) is 16.2. The number of nitrogens with zero attached hydrogens (tertiary/aromatic N) is 3. The highest BCUT2D eigenvalue weighted by molar-refractivity contribution is 5.97. The Kier molecular flexibility index (Phi) is 12.5. The van der Waals surface area contributed by atoms with E-state index in [1.807, 2.05) is 25.1 Å². The van der Waals surface area contributed by atoms with Crippen LogP contribution in [-0.4, -0.2) is 102 Å². The molecule has 0 radical (unpaired) electrons. The number of rotatable bonds is 14. The maximum Gasteiger partial charge on any atom is 0.270 e. The van der Waals surface area contributed by atoms with Crippen LogP contribution in [0.1, 0.15) is 83.7 Å². The number of amides is 2. The van der Waals surface area contributed by atoms with Crippen molar-refractivity contribution < 1.29 is 34.3 Å². The van der Waals surface area contributed by atoms with Gasteiger partial charge in [-0.25, -0.2) is 0 Å². The largest absolute Gasteiger partial charge is 0.496 e. The van der Waals surface area contributed by atoms with Crippen molar-refractivity contribution in [1.82, 2.24) is 20.6 Å². The Labute approximate surface area is 319 Å². The van der Waals surface area contributed by atoms with Crippen LogP contribution >= 0.6 is 0 Å². The van der Waals surface area contributed by atoms with Gasteiger partial charge in [-0.1, -0.05) is 59.7 Å². The topological polar surface area (TPSA) is 167 Å². The standard InChI is InChI=1S/C41H61N5O8/c1-23-32-17-28(41(32,6)7)18-33(23)43-39(50)36-35(24(2)48)34(22-47)54-45(36)20-25-12-11-13-31(37(25)53-10)26-14-27(16-30(15-26)46(51)52)38(49)42-29(21-44(8)9)19-40(3,4)5/h11-16,23-24,28-29,32-36,47-48H,17-22H2,1-10H3,(H,42,49)(H,43,50)/t23-,24-,28+,29-,32-,33-,34-,35+,36-/m0/s1. The summed E-state index contributed by atoms with van der Waals surface area (Å²) in [6.45, 7) is 15.0. The van der Waals surface area contributed by atoms with E-state index in [9.17, 15) is 29.9 Å². The zero-order chi connectivity index (χ0) is 39.9. The van der Waals surface area contributed by atoms with E-state index in [0.29, 0.717) is 53.2 Å². The molecule has 13 nitrogen and oxygen atoms in total. The minimum absolute atomic E-state index is 0.0105. The molecule has 4 fully saturated rings. The van der Waals surface area contributed by atoms with Gasteiger partial charge >= 0.3 is 0 Å². The molecule has 54 heavy (non-hydrogen) atoms. The van der Waals surface area contributed by atoms with Crippen molar-refractivity contribution in [3.63, 3.8) is 0 Å². The van der Waals surface area contributed by atoms with Crippen molar-refractivity contribution in [2.75, 3.05) is 34.4 Å². The summed E-state index contributed by atoms with van der Waals surface area (Å²) in [5.74, 6) is 0.336. The Morgan fingerprint density at radius 2 is 1.89 bits per heavy atom. The summed E-state index contributed by atoms with van der Waals surface area (Å²) in [4.78, 5) is 47.8. The third-order valence-corrected chi connectivity index (χ3v) is 12.2. The molecule has 0 spiro atoms. The number of methoxy groups -OCH3 is 1. The molecule has 298 valence electrons. The first kappa shape index (κ1) is 41.5. The number of nitro groups is 1. The lowest BCUT2D eigenvalue weighted by Gasteiger charge is -2.62. The molecule has 4 N–H and O–H groups in total. The Balaban J connectivity index is 1.45. The van der Waals surface area contributed by atoms with Gasteiger partial charge in [-0.15, -0.1) is 0 Å². The smallest absolute Gasteiger partial charge is 0.270 e. The molecule has 2 amide bonds. The fourth-order valence-electron chi connectivity index (χ4n) is 9.44. The zero-order valence-corrected chi connectivity index (χ0v) is 33.6. The van der Waals surface area contributed by atoms with Gasteiger partial charge in [0, 0.05) is 53.4 Å². The normalized spacial score (nSPS) is 27.5. The van der Waals surface area contributed by atoms with Crippen LogP contribution in [-0.2, 0) is 16.2 Å². The number of carbonyl (C=O) groups is 2. The molecule has 2 bridgehead atoms. The second-order valence-electron chi connectivity index (χ2n) is 18.0. The van der Waals surface area contributed by atoms with E-state index in [-0.39, 0.29) is 46.6 Å². The third kappa shape index (κ3) is 8.75. The average Bonchev–Trinajstić information content (AvgIpc) is 3.46. The van der Waals surface area contributed by atoms with Crippen LogP contribution in [0.25, 0.3) is 11.1 Å². The van der Waals surface area contributed by atoms with Gasteiger partial charge in [0.2, 0.25) is 5.91 Å². The molecular formula is C41H61N5O8. The molecule has 0 aromatic heterocycles. The first-order chi connectivity index (χ1) is 25.2. The van der Waals surface area contributed by atoms with Crippen LogP contribution in [0.2, 0.25) is 0 Å². The summed E-state index contributed by atoms with van der Waals surface area (Å²) in [6, 6.07) is 8.56. The van der Waals surface area contributed by atoms with Crippen molar-refractivity contribution in [2.45, 2.75) is 105 Å². The number of nitro benzene ring substituents is 1. The molecule has 2 aromatic rings. The van der Waals surface area contributed by atoms with Crippen LogP contribution in [0.15, 0.2) is 36.4 Å². The SMILES string of the molecule is COc1c(CN2O[C@@H](CO)[C@@H]([C@H](C)O)[C@H]2C(=O)N[C@H]2C[C@H]3C[C@@H]([C@@H]2C)C3(C)C)cccc1-c1cc(C(=O)N[C@H](CN(C)C)CC(C)(C)C)cc([N+](=O)[O-])c1. The number of fused-ring (bicyclic) bond motifs is 2. The summed E-state index contributed by atoms with van der Waals surface area (Å²) in [6.07, 6.45) is 0.987. The number of benzene rings is 2. The maximum atomic E-state index is 14.2. The van der Waals surface area contributed by atoms with Crippen molar-refractivity contribution in [3.8, 4) is 16.9 Å². The molecule has 1 saturated heterocycles. The van der Waals surface area contributed by atoms with Crippen molar-refractivity contribution in [1.29, 1.82) is 0 Å². The first-order valence-electron chi connectivity index (χ1n) is 19.2. The molecular weight excluding hydrogens is 690 g/mol. The Bertz CT molecular complexity index is 1690. The Morgan fingerprint density at radius 3 is 2.44 bits per heavy atom. The molecule has 13 heteroatoms. The van der Waals surface area contributed by atoms with Crippen LogP contribution in [0, 0.1) is 44.6 Å². The maximum absolute atomic E-state index is 14.2. The molecule has 0 unspecified atom stereocenters. The van der Waals surface area contributed by atoms with E-state index in [1.54, 1.807) is 25.1 Å². The fourth-order valence-corrected chi connectivity index (χ4v) is 9.44. The van der Waals surface area contributed by atoms with E-state index in [1.165, 1.54) is 30.7 Å². The van der Waals surface area contributed by atoms with Gasteiger partial charge in [-0.2, -0.15) is 5.06 Å². The summed E-state index contributed by atoms with van der Waals surface area (Å²) in [5.41, 5.74) is 1.62. The van der Waals surface area contributed by atoms with Crippen LogP contribution < -0.4 is 15.4 Å². The molecule has 1 aliphatic heterocycles. The van der Waals surface area contributed by atoms with Crippen LogP contribution in [0.4, 0.5) is 5.69 Å². The fraction of sp³-hybridized carbons (Fsp3) is 0.659. The van der Waals surface area contributed by atoms with Gasteiger partial charge in [-0.3, -0.25) is 24.5 Å². The van der Waals surface area contributed by atoms with Crippen LogP contribution in [0.3, 0.4) is 0 Å². The molecule has 4 aliphatic rings. The van der Waals surface area contributed by atoms with Gasteiger partial charge < -0.3 is 30.5 Å². The van der Waals surface area contributed by atoms with E-state index in [4.69, 9.17) is 9.57 Å². The number of aliphatic hydroxyl groups excluding tert-OH is 2. The van der Waals surface area contributed by atoms with Gasteiger partial charge in [0.25, 0.3) is 11.6 Å². The number of likely N-dealkylation sites (N-methyl/N-ethyl adjacent to an activating group) is 1. The lowest BCUT2D eigenvalue weighted by Crippen LogP contribution is -2.62. The predicted octanol–water partition coefficient (Wildman–Crippen LogP) is 5.03. The molecule has 3 saturated carbocycles. The van der Waals surface area contributed by atoms with Gasteiger partial charge in [0.15, 0.2) is 0 Å². The number of ether oxygens (including phenoxy) is 1. The quantitative estimate of drug-likeness (QED) is 0.152. The average molecular weight is 752 g/mol.